The van der Waals surface area contributed by atoms with E-state index in [1.165, 1.54) is 0 Å². The Morgan fingerprint density at radius 2 is 1.88 bits per heavy atom. The minimum atomic E-state index is -2.24. The van der Waals surface area contributed by atoms with Crippen molar-refractivity contribution in [2.24, 2.45) is 0 Å². The van der Waals surface area contributed by atoms with E-state index in [-0.39, 0.29) is 11.0 Å². The predicted octanol–water partition coefficient (Wildman–Crippen LogP) is 4.90. The lowest BCUT2D eigenvalue weighted by atomic mass is 9.94. The van der Waals surface area contributed by atoms with Crippen LogP contribution in [0.15, 0.2) is 18.3 Å². The smallest absolute Gasteiger partial charge is 0.412 e. The van der Waals surface area contributed by atoms with Gasteiger partial charge >= 0.3 is 6.09 Å². The Morgan fingerprint density at radius 3 is 2.29 bits per heavy atom. The highest BCUT2D eigenvalue weighted by Gasteiger charge is 2.39. The van der Waals surface area contributed by atoms with Gasteiger partial charge in [-0.25, -0.2) is 4.79 Å². The second-order valence-corrected chi connectivity index (χ2v) is 13.1. The zero-order valence-electron chi connectivity index (χ0n) is 16.2. The number of carbonyl (C=O) groups is 1. The normalized spacial score (nSPS) is 14.2. The van der Waals surface area contributed by atoms with Gasteiger partial charge in [0, 0.05) is 5.69 Å². The molecule has 0 aliphatic carbocycles. The van der Waals surface area contributed by atoms with Gasteiger partial charge in [0.05, 0.1) is 11.9 Å². The van der Waals surface area contributed by atoms with Crippen molar-refractivity contribution < 1.29 is 14.3 Å². The first-order valence-corrected chi connectivity index (χ1v) is 11.3. The van der Waals surface area contributed by atoms with E-state index in [1.54, 1.807) is 6.20 Å². The summed E-state index contributed by atoms with van der Waals surface area (Å²) in [5, 5.41) is 2.58. The Balaban J connectivity index is 2.72. The Bertz CT molecular complexity index is 557. The summed E-state index contributed by atoms with van der Waals surface area (Å²) in [6.45, 7) is 15.8. The molecule has 0 aromatic carbocycles. The zero-order chi connectivity index (χ0) is 18.8. The van der Waals surface area contributed by atoms with Crippen LogP contribution in [0.5, 0.6) is 0 Å². The average Bonchev–Trinajstić information content (AvgIpc) is 2.35. The number of aromatic nitrogens is 1. The molecule has 136 valence electrons. The van der Waals surface area contributed by atoms with Crippen molar-refractivity contribution in [1.29, 1.82) is 0 Å². The first-order chi connectivity index (χ1) is 10.7. The molecule has 0 saturated heterocycles. The molecule has 0 fully saturated rings. The number of hydrogen-bond acceptors (Lipinski definition) is 4. The molecule has 0 saturated carbocycles. The largest absolute Gasteiger partial charge is 0.444 e. The van der Waals surface area contributed by atoms with Crippen LogP contribution in [0.2, 0.25) is 18.1 Å². The van der Waals surface area contributed by atoms with E-state index in [0.717, 1.165) is 12.1 Å². The molecule has 0 aliphatic rings. The van der Waals surface area contributed by atoms with E-state index in [1.807, 2.05) is 46.0 Å². The number of carbonyl (C=O) groups excluding carboxylic acids is 1. The van der Waals surface area contributed by atoms with Crippen molar-refractivity contribution >= 4 is 20.1 Å². The van der Waals surface area contributed by atoms with E-state index in [9.17, 15) is 9.59 Å². The second kappa shape index (κ2) is 7.23. The molecule has 1 amide bonds. The molecule has 0 unspecified atom stereocenters. The van der Waals surface area contributed by atoms with Crippen LogP contribution in [0.1, 0.15) is 59.6 Å². The number of anilines is 1. The van der Waals surface area contributed by atoms with E-state index in [4.69, 9.17) is 4.74 Å². The summed E-state index contributed by atoms with van der Waals surface area (Å²) in [7, 11) is -2.24. The highest BCUT2D eigenvalue weighted by Crippen LogP contribution is 2.43. The van der Waals surface area contributed by atoms with Crippen LogP contribution in [0, 0.1) is 0 Å². The van der Waals surface area contributed by atoms with Crippen LogP contribution in [0.3, 0.4) is 0 Å². The van der Waals surface area contributed by atoms with Crippen molar-refractivity contribution in [3.05, 3.63) is 24.0 Å². The second-order valence-electron chi connectivity index (χ2n) is 8.65. The summed E-state index contributed by atoms with van der Waals surface area (Å²) < 4.78 is 5.22. The van der Waals surface area contributed by atoms with Crippen LogP contribution >= 0.6 is 0 Å². The molecule has 0 spiro atoms. The fraction of sp³-hybridized carbons (Fsp3) is 0.667. The molecule has 0 aliphatic heterocycles. The van der Waals surface area contributed by atoms with Crippen molar-refractivity contribution in [2.75, 3.05) is 5.32 Å². The number of hydrogen-bond donors (Lipinski definition) is 2. The quantitative estimate of drug-likeness (QED) is 0.739. The van der Waals surface area contributed by atoms with E-state index >= 15 is 0 Å². The Labute approximate surface area is 147 Å². The maximum atomic E-state index is 11.8. The number of pyridine rings is 1. The molecule has 1 atom stereocenters. The standard InChI is InChI=1S/C18H32N2O3Si/c1-13(11-18(5,6)24(7,8)22)15-10-9-14(12-19-15)20-16(21)23-17(2,3)4/h9-10,12-13,22H,11H2,1-8H3,(H,20,21)/t13-/m0/s1. The van der Waals surface area contributed by atoms with Crippen molar-refractivity contribution in [2.45, 2.75) is 77.6 Å². The van der Waals surface area contributed by atoms with Gasteiger partial charge in [-0.3, -0.25) is 10.3 Å². The molecular formula is C18H32N2O3Si. The highest BCUT2D eigenvalue weighted by atomic mass is 28.4. The molecule has 2 N–H and O–H groups in total. The molecule has 1 aromatic heterocycles. The summed E-state index contributed by atoms with van der Waals surface area (Å²) in [6, 6.07) is 3.75. The molecule has 1 aromatic rings. The number of rotatable bonds is 5. The van der Waals surface area contributed by atoms with Crippen molar-refractivity contribution in [1.82, 2.24) is 4.98 Å². The van der Waals surface area contributed by atoms with Crippen molar-refractivity contribution in [3.8, 4) is 0 Å². The van der Waals surface area contributed by atoms with Gasteiger partial charge in [-0.15, -0.1) is 0 Å². The van der Waals surface area contributed by atoms with Crippen LogP contribution in [0.4, 0.5) is 10.5 Å². The molecular weight excluding hydrogens is 320 g/mol. The first kappa shape index (κ1) is 20.6. The summed E-state index contributed by atoms with van der Waals surface area (Å²) >= 11 is 0. The van der Waals surface area contributed by atoms with Crippen LogP contribution < -0.4 is 5.32 Å². The maximum absolute atomic E-state index is 11.8. The molecule has 24 heavy (non-hydrogen) atoms. The monoisotopic (exact) mass is 352 g/mol. The van der Waals surface area contributed by atoms with Crippen molar-refractivity contribution in [3.63, 3.8) is 0 Å². The van der Waals surface area contributed by atoms with Crippen LogP contribution in [-0.4, -0.2) is 29.8 Å². The van der Waals surface area contributed by atoms with Gasteiger partial charge in [-0.1, -0.05) is 20.8 Å². The number of nitrogens with zero attached hydrogens (tertiary/aromatic N) is 1. The third-order valence-electron chi connectivity index (χ3n) is 4.41. The molecule has 0 bridgehead atoms. The SMILES string of the molecule is C[C@@H](CC(C)(C)[Si](C)(C)O)c1ccc(NC(=O)OC(C)(C)C)cn1. The number of amides is 1. The molecule has 1 heterocycles. The van der Waals surface area contributed by atoms with E-state index < -0.39 is 20.0 Å². The van der Waals surface area contributed by atoms with Gasteiger partial charge in [-0.05, 0) is 63.4 Å². The lowest BCUT2D eigenvalue weighted by Gasteiger charge is -2.37. The summed E-state index contributed by atoms with van der Waals surface area (Å²) in [5.74, 6) is 0.231. The zero-order valence-corrected chi connectivity index (χ0v) is 17.2. The van der Waals surface area contributed by atoms with Gasteiger partial charge in [0.2, 0.25) is 0 Å². The first-order valence-electron chi connectivity index (χ1n) is 8.39. The van der Waals surface area contributed by atoms with Gasteiger partial charge in [0.1, 0.15) is 5.60 Å². The van der Waals surface area contributed by atoms with Gasteiger partial charge in [0.25, 0.3) is 0 Å². The number of nitrogens with one attached hydrogen (secondary N) is 1. The highest BCUT2D eigenvalue weighted by molar-refractivity contribution is 6.72. The Kier molecular flexibility index (Phi) is 6.22. The van der Waals surface area contributed by atoms with Gasteiger partial charge in [-0.2, -0.15) is 0 Å². The predicted molar refractivity (Wildman–Crippen MR) is 101 cm³/mol. The van der Waals surface area contributed by atoms with Gasteiger partial charge in [0.15, 0.2) is 8.32 Å². The minimum Gasteiger partial charge on any atom is -0.444 e. The lowest BCUT2D eigenvalue weighted by Crippen LogP contribution is -2.39. The third-order valence-corrected chi connectivity index (χ3v) is 7.93. The average molecular weight is 353 g/mol. The summed E-state index contributed by atoms with van der Waals surface area (Å²) in [6.07, 6.45) is 2.03. The topological polar surface area (TPSA) is 71.5 Å². The fourth-order valence-corrected chi connectivity index (χ4v) is 3.12. The molecule has 0 radical (unpaired) electrons. The van der Waals surface area contributed by atoms with E-state index in [2.05, 4.69) is 31.1 Å². The Morgan fingerprint density at radius 1 is 1.29 bits per heavy atom. The van der Waals surface area contributed by atoms with Crippen LogP contribution in [-0.2, 0) is 4.74 Å². The summed E-state index contributed by atoms with van der Waals surface area (Å²) in [4.78, 5) is 26.7. The van der Waals surface area contributed by atoms with Gasteiger partial charge < -0.3 is 9.53 Å². The third kappa shape index (κ3) is 6.24. The molecule has 5 nitrogen and oxygen atoms in total. The number of ether oxygens (including phenoxy) is 1. The molecule has 6 heteroatoms. The van der Waals surface area contributed by atoms with Crippen LogP contribution in [0.25, 0.3) is 0 Å². The lowest BCUT2D eigenvalue weighted by molar-refractivity contribution is 0.0636. The maximum Gasteiger partial charge on any atom is 0.412 e. The summed E-state index contributed by atoms with van der Waals surface area (Å²) in [5.41, 5.74) is 1.03. The van der Waals surface area contributed by atoms with E-state index in [0.29, 0.717) is 5.69 Å². The fourth-order valence-electron chi connectivity index (χ4n) is 2.31. The molecule has 1 rings (SSSR count). The Hall–Kier alpha value is -1.40. The minimum absolute atomic E-state index is 0.0957.